The number of ether oxygens (including phenoxy) is 1. The lowest BCUT2D eigenvalue weighted by molar-refractivity contribution is 0.102. The first-order valence-electron chi connectivity index (χ1n) is 6.28. The van der Waals surface area contributed by atoms with Gasteiger partial charge in [-0.25, -0.2) is 4.98 Å². The zero-order valence-electron chi connectivity index (χ0n) is 11.4. The molecule has 1 heterocycles. The lowest BCUT2D eigenvalue weighted by atomic mass is 10.2. The van der Waals surface area contributed by atoms with Crippen molar-refractivity contribution in [3.8, 4) is 5.75 Å². The van der Waals surface area contributed by atoms with Crippen molar-refractivity contribution < 1.29 is 9.53 Å². The standard InChI is InChI=1S/C15H10BrClN2O2S/c1-21-9-3-5-12-13(7-9)22-15(18-12)19-14(20)10-4-2-8(16)6-11(10)17/h2-7H,1H3,(H,18,19,20). The fraction of sp³-hybridized carbons (Fsp3) is 0.0667. The van der Waals surface area contributed by atoms with Crippen molar-refractivity contribution in [3.63, 3.8) is 0 Å². The fourth-order valence-electron chi connectivity index (χ4n) is 1.92. The first kappa shape index (κ1) is 15.3. The number of amides is 1. The SMILES string of the molecule is COc1ccc2nc(NC(=O)c3ccc(Br)cc3Cl)sc2c1. The number of nitrogens with one attached hydrogen (secondary N) is 1. The average molecular weight is 398 g/mol. The van der Waals surface area contributed by atoms with E-state index in [1.165, 1.54) is 11.3 Å². The molecule has 0 unspecified atom stereocenters. The summed E-state index contributed by atoms with van der Waals surface area (Å²) < 4.78 is 6.94. The molecule has 0 atom stereocenters. The molecular weight excluding hydrogens is 388 g/mol. The Balaban J connectivity index is 1.87. The Hall–Kier alpha value is -1.63. The van der Waals surface area contributed by atoms with Crippen molar-refractivity contribution in [2.24, 2.45) is 0 Å². The summed E-state index contributed by atoms with van der Waals surface area (Å²) in [5.41, 5.74) is 1.21. The van der Waals surface area contributed by atoms with Crippen LogP contribution in [0.4, 0.5) is 5.13 Å². The Morgan fingerprint density at radius 3 is 2.86 bits per heavy atom. The van der Waals surface area contributed by atoms with Gasteiger partial charge in [0.25, 0.3) is 5.91 Å². The van der Waals surface area contributed by atoms with Gasteiger partial charge in [0.2, 0.25) is 0 Å². The zero-order valence-corrected chi connectivity index (χ0v) is 14.6. The van der Waals surface area contributed by atoms with Crippen molar-refractivity contribution in [1.82, 2.24) is 4.98 Å². The third-order valence-electron chi connectivity index (χ3n) is 2.99. The quantitative estimate of drug-likeness (QED) is 0.678. The second kappa shape index (κ2) is 6.24. The summed E-state index contributed by atoms with van der Waals surface area (Å²) in [6.07, 6.45) is 0. The molecule has 0 radical (unpaired) electrons. The summed E-state index contributed by atoms with van der Waals surface area (Å²) in [6, 6.07) is 10.7. The Morgan fingerprint density at radius 1 is 1.32 bits per heavy atom. The number of nitrogens with zero attached hydrogens (tertiary/aromatic N) is 1. The van der Waals surface area contributed by atoms with E-state index >= 15 is 0 Å². The largest absolute Gasteiger partial charge is 0.497 e. The van der Waals surface area contributed by atoms with Gasteiger partial charge in [-0.3, -0.25) is 10.1 Å². The molecule has 1 N–H and O–H groups in total. The van der Waals surface area contributed by atoms with E-state index in [1.807, 2.05) is 18.2 Å². The highest BCUT2D eigenvalue weighted by Crippen LogP contribution is 2.30. The molecule has 0 saturated carbocycles. The van der Waals surface area contributed by atoms with Crippen LogP contribution in [0.3, 0.4) is 0 Å². The highest BCUT2D eigenvalue weighted by atomic mass is 79.9. The van der Waals surface area contributed by atoms with Gasteiger partial charge in [-0.15, -0.1) is 0 Å². The minimum absolute atomic E-state index is 0.288. The van der Waals surface area contributed by atoms with E-state index in [0.717, 1.165) is 20.4 Å². The van der Waals surface area contributed by atoms with Gasteiger partial charge < -0.3 is 4.74 Å². The van der Waals surface area contributed by atoms with Gasteiger partial charge in [0.1, 0.15) is 5.75 Å². The van der Waals surface area contributed by atoms with Crippen molar-refractivity contribution in [3.05, 3.63) is 51.5 Å². The number of carbonyl (C=O) groups excluding carboxylic acids is 1. The smallest absolute Gasteiger partial charge is 0.258 e. The van der Waals surface area contributed by atoms with Crippen LogP contribution in [-0.2, 0) is 0 Å². The van der Waals surface area contributed by atoms with E-state index in [1.54, 1.807) is 25.3 Å². The van der Waals surface area contributed by atoms with Gasteiger partial charge in [-0.2, -0.15) is 0 Å². The second-order valence-corrected chi connectivity index (χ2v) is 6.78. The number of thiazole rings is 1. The van der Waals surface area contributed by atoms with Crippen molar-refractivity contribution in [2.75, 3.05) is 12.4 Å². The van der Waals surface area contributed by atoms with Crippen LogP contribution >= 0.6 is 38.9 Å². The van der Waals surface area contributed by atoms with E-state index < -0.39 is 0 Å². The molecule has 3 aromatic rings. The molecule has 7 heteroatoms. The third kappa shape index (κ3) is 3.09. The van der Waals surface area contributed by atoms with Crippen LogP contribution in [0.5, 0.6) is 5.75 Å². The monoisotopic (exact) mass is 396 g/mol. The first-order valence-corrected chi connectivity index (χ1v) is 8.26. The average Bonchev–Trinajstić information content (AvgIpc) is 2.87. The number of halogens is 2. The molecule has 0 aliphatic rings. The van der Waals surface area contributed by atoms with Crippen LogP contribution in [0.25, 0.3) is 10.2 Å². The summed E-state index contributed by atoms with van der Waals surface area (Å²) in [5.74, 6) is 0.466. The molecule has 1 amide bonds. The molecule has 112 valence electrons. The molecule has 22 heavy (non-hydrogen) atoms. The van der Waals surface area contributed by atoms with Crippen molar-refractivity contribution >= 4 is 60.1 Å². The maximum atomic E-state index is 12.3. The molecule has 0 aliphatic carbocycles. The Labute approximate surface area is 144 Å². The highest BCUT2D eigenvalue weighted by molar-refractivity contribution is 9.10. The molecule has 4 nitrogen and oxygen atoms in total. The van der Waals surface area contributed by atoms with Crippen LogP contribution in [0.1, 0.15) is 10.4 Å². The zero-order chi connectivity index (χ0) is 15.7. The molecule has 0 spiro atoms. The number of carbonyl (C=O) groups is 1. The van der Waals surface area contributed by atoms with Gasteiger partial charge in [0.05, 0.1) is 27.9 Å². The van der Waals surface area contributed by atoms with E-state index in [0.29, 0.717) is 15.7 Å². The van der Waals surface area contributed by atoms with Crippen LogP contribution in [0.2, 0.25) is 5.02 Å². The molecule has 0 fully saturated rings. The Kier molecular flexibility index (Phi) is 4.33. The maximum Gasteiger partial charge on any atom is 0.258 e. The highest BCUT2D eigenvalue weighted by Gasteiger charge is 2.13. The number of anilines is 1. The first-order chi connectivity index (χ1) is 10.6. The molecule has 1 aromatic heterocycles. The minimum atomic E-state index is -0.288. The van der Waals surface area contributed by atoms with Gasteiger partial charge >= 0.3 is 0 Å². The van der Waals surface area contributed by atoms with Gasteiger partial charge in [0.15, 0.2) is 5.13 Å². The van der Waals surface area contributed by atoms with E-state index in [4.69, 9.17) is 16.3 Å². The number of rotatable bonds is 3. The number of hydrogen-bond acceptors (Lipinski definition) is 4. The maximum absolute atomic E-state index is 12.3. The minimum Gasteiger partial charge on any atom is -0.497 e. The van der Waals surface area contributed by atoms with Crippen molar-refractivity contribution in [1.29, 1.82) is 0 Å². The number of aromatic nitrogens is 1. The second-order valence-electron chi connectivity index (χ2n) is 4.43. The van der Waals surface area contributed by atoms with Gasteiger partial charge in [0, 0.05) is 4.47 Å². The molecule has 2 aromatic carbocycles. The normalized spacial score (nSPS) is 10.7. The molecule has 3 rings (SSSR count). The molecule has 0 saturated heterocycles. The van der Waals surface area contributed by atoms with Gasteiger partial charge in [-0.1, -0.05) is 38.9 Å². The molecule has 0 aliphatic heterocycles. The summed E-state index contributed by atoms with van der Waals surface area (Å²) >= 11 is 10.8. The summed E-state index contributed by atoms with van der Waals surface area (Å²) in [6.45, 7) is 0. The summed E-state index contributed by atoms with van der Waals surface area (Å²) in [5, 5.41) is 3.68. The molecule has 0 bridgehead atoms. The van der Waals surface area contributed by atoms with E-state index in [9.17, 15) is 4.79 Å². The Bertz CT molecular complexity index is 866. The lowest BCUT2D eigenvalue weighted by Gasteiger charge is -2.04. The molecular formula is C15H10BrClN2O2S. The van der Waals surface area contributed by atoms with E-state index in [2.05, 4.69) is 26.2 Å². The van der Waals surface area contributed by atoms with E-state index in [-0.39, 0.29) is 5.91 Å². The topological polar surface area (TPSA) is 51.2 Å². The number of hydrogen-bond donors (Lipinski definition) is 1. The Morgan fingerprint density at radius 2 is 2.14 bits per heavy atom. The predicted molar refractivity (Wildman–Crippen MR) is 93.3 cm³/mol. The fourth-order valence-corrected chi connectivity index (χ4v) is 3.57. The van der Waals surface area contributed by atoms with Crippen LogP contribution in [0, 0.1) is 0 Å². The lowest BCUT2D eigenvalue weighted by Crippen LogP contribution is -2.12. The number of benzene rings is 2. The number of methoxy groups -OCH3 is 1. The number of fused-ring (bicyclic) bond motifs is 1. The van der Waals surface area contributed by atoms with Gasteiger partial charge in [-0.05, 0) is 36.4 Å². The predicted octanol–water partition coefficient (Wildman–Crippen LogP) is 4.97. The van der Waals surface area contributed by atoms with Crippen LogP contribution in [-0.4, -0.2) is 18.0 Å². The summed E-state index contributed by atoms with van der Waals surface area (Å²) in [4.78, 5) is 16.7. The van der Waals surface area contributed by atoms with Crippen LogP contribution in [0.15, 0.2) is 40.9 Å². The third-order valence-corrected chi connectivity index (χ3v) is 4.73. The summed E-state index contributed by atoms with van der Waals surface area (Å²) in [7, 11) is 1.61. The van der Waals surface area contributed by atoms with Crippen LogP contribution < -0.4 is 10.1 Å². The van der Waals surface area contributed by atoms with Crippen molar-refractivity contribution in [2.45, 2.75) is 0 Å².